The number of nitrogens with zero attached hydrogens (tertiary/aromatic N) is 18. The SMILES string of the molecule is CC(C)N(C[C@H]1O[C@@H](n2cnc3c(N)ncnc32)[C@H](O)[C@@H]1O)C1CC(CCc2nc3ccc(C4CCC4)cc3[nH]2)C1.CC(C)N(C[C@H]1O[C@@H](n2cnc3c(N)ncnc32)[C@H](O)[C@@H]1O)C1CC(CCc2nc3ccc(C4CCC4)cc3[nH]2)C1.CC(C)N(C[C@H]1O[C@@H](n2cnc3c(N)ncnc32)[C@H](O)[C@@H]1O)C1CC(CCc2nc3ccc(CC(C)(F)F)cc3[nH]2)C1. The zero-order chi connectivity index (χ0) is 86.3. The van der Waals surface area contributed by atoms with E-state index in [2.05, 4.69) is 157 Å². The van der Waals surface area contributed by atoms with Crippen molar-refractivity contribution in [1.82, 2.24) is 103 Å². The molecule has 9 aromatic heterocycles. The van der Waals surface area contributed by atoms with Crippen LogP contribution in [0.4, 0.5) is 26.2 Å². The van der Waals surface area contributed by atoms with E-state index in [9.17, 15) is 39.4 Å². The zero-order valence-corrected chi connectivity index (χ0v) is 71.4. The van der Waals surface area contributed by atoms with Crippen LogP contribution in [0.15, 0.2) is 92.6 Å². The van der Waals surface area contributed by atoms with E-state index in [4.69, 9.17) is 41.4 Å². The van der Waals surface area contributed by atoms with Crippen molar-refractivity contribution in [3.63, 3.8) is 0 Å². The molecular weight excluding hydrogens is 1590 g/mol. The van der Waals surface area contributed by atoms with Crippen LogP contribution in [0.3, 0.4) is 0 Å². The molecule has 3 saturated heterocycles. The maximum atomic E-state index is 13.4. The first-order valence-electron chi connectivity index (χ1n) is 44.6. The molecule has 0 amide bonds. The van der Waals surface area contributed by atoms with E-state index < -0.39 is 79.5 Å². The van der Waals surface area contributed by atoms with Crippen molar-refractivity contribution >= 4 is 84.0 Å². The zero-order valence-electron chi connectivity index (χ0n) is 71.4. The van der Waals surface area contributed by atoms with Gasteiger partial charge in [-0.15, -0.1) is 0 Å². The highest BCUT2D eigenvalue weighted by Gasteiger charge is 2.51. The Morgan fingerprint density at radius 1 is 0.435 bits per heavy atom. The smallest absolute Gasteiger partial charge is 0.249 e. The fourth-order valence-corrected chi connectivity index (χ4v) is 20.2. The molecule has 33 nitrogen and oxygen atoms in total. The molecule has 124 heavy (non-hydrogen) atoms. The van der Waals surface area contributed by atoms with Gasteiger partial charge in [0.25, 0.3) is 0 Å². The Bertz CT molecular complexity index is 5460. The van der Waals surface area contributed by atoms with E-state index >= 15 is 0 Å². The Kier molecular flexibility index (Phi) is 24.3. The lowest BCUT2D eigenvalue weighted by Crippen LogP contribution is -2.52. The highest BCUT2D eigenvalue weighted by molar-refractivity contribution is 5.83. The van der Waals surface area contributed by atoms with Crippen molar-refractivity contribution in [1.29, 1.82) is 0 Å². The van der Waals surface area contributed by atoms with E-state index in [-0.39, 0.29) is 42.0 Å². The molecule has 5 saturated carbocycles. The van der Waals surface area contributed by atoms with Crippen molar-refractivity contribution in [2.45, 2.75) is 298 Å². The predicted octanol–water partition coefficient (Wildman–Crippen LogP) is 9.81. The fraction of sp³-hybridized carbons (Fsp3) is 0.596. The Morgan fingerprint density at radius 2 is 0.750 bits per heavy atom. The summed E-state index contributed by atoms with van der Waals surface area (Å²) in [5.41, 5.74) is 30.0. The van der Waals surface area contributed by atoms with Gasteiger partial charge < -0.3 is 77.0 Å². The monoisotopic (exact) mass is 1700 g/mol. The lowest BCUT2D eigenvalue weighted by Gasteiger charge is -2.46. The second kappa shape index (κ2) is 35.4. The summed E-state index contributed by atoms with van der Waals surface area (Å²) in [5.74, 6) is 4.35. The first-order valence-corrected chi connectivity index (χ1v) is 44.6. The predicted molar refractivity (Wildman–Crippen MR) is 463 cm³/mol. The standard InChI is InChI=1S/2C30H40N8O3.C29H38F2N8O3/c2*1-16(2)37(13-23-26(39)27(40)30(41-23)38-15-34-25-28(31)32-14-33-29(25)38)20-10-17(11-20)6-9-24-35-21-8-7-19(12-22(21)36-24)18-4-3-5-18;1-15(2)38(12-21-24(40)25(41)28(42-21)39-14-35-23-26(32)33-13-34-27(23)39)18-8-16(9-18)5-7-22-36-19-6-4-17(10-20(19)37-22)11-29(3,30)31/h2*7-8,12,14-18,20,23,26-27,30,39-40H,3-6,9-11,13H2,1-2H3,(H,35,36)(H2,31,32,33);4,6,10,13-16,18,21,24-25,28,40-41H,5,7-9,11-12H2,1-3H3,(H,36,37)(H2,32,33,34)/t2*17?,20?,23-,26-,27-,30-;16?,18?,21-,24-,25-,28-/m111/s1. The van der Waals surface area contributed by atoms with Crippen LogP contribution in [0.5, 0.6) is 0 Å². The Labute approximate surface area is 716 Å². The molecule has 0 spiro atoms. The van der Waals surface area contributed by atoms with Crippen LogP contribution in [0.2, 0.25) is 0 Å². The number of H-pyrrole nitrogens is 3. The van der Waals surface area contributed by atoms with Crippen LogP contribution in [0, 0.1) is 17.8 Å². The number of halogens is 2. The maximum absolute atomic E-state index is 13.4. The molecule has 3 aliphatic heterocycles. The molecule has 12 aromatic rings. The van der Waals surface area contributed by atoms with Gasteiger partial charge in [-0.2, -0.15) is 0 Å². The normalized spacial score (nSPS) is 27.9. The fourth-order valence-electron chi connectivity index (χ4n) is 20.2. The van der Waals surface area contributed by atoms with Crippen LogP contribution in [0.1, 0.15) is 209 Å². The van der Waals surface area contributed by atoms with Crippen molar-refractivity contribution in [2.75, 3.05) is 36.8 Å². The Morgan fingerprint density at radius 3 is 1.05 bits per heavy atom. The number of hydrogen-bond donors (Lipinski definition) is 12. The number of rotatable bonds is 28. The maximum Gasteiger partial charge on any atom is 0.249 e. The highest BCUT2D eigenvalue weighted by atomic mass is 19.3. The Balaban J connectivity index is 0.000000127. The summed E-state index contributed by atoms with van der Waals surface area (Å²) >= 11 is 0. The van der Waals surface area contributed by atoms with E-state index in [1.54, 1.807) is 31.9 Å². The van der Waals surface area contributed by atoms with Gasteiger partial charge in [-0.05, 0) is 215 Å². The molecule has 662 valence electrons. The van der Waals surface area contributed by atoms with Gasteiger partial charge >= 0.3 is 0 Å². The van der Waals surface area contributed by atoms with Crippen molar-refractivity contribution in [2.24, 2.45) is 17.8 Å². The molecule has 0 bridgehead atoms. The molecule has 15 N–H and O–H groups in total. The molecule has 12 atom stereocenters. The summed E-state index contributed by atoms with van der Waals surface area (Å²) in [6.45, 7) is 15.5. The van der Waals surface area contributed by atoms with E-state index in [1.807, 2.05) is 0 Å². The largest absolute Gasteiger partial charge is 0.387 e. The molecule has 8 fully saturated rings. The van der Waals surface area contributed by atoms with E-state index in [1.165, 1.54) is 87.6 Å². The number of hydrogen-bond acceptors (Lipinski definition) is 27. The number of alkyl halides is 2. The number of imidazole rings is 6. The number of fused-ring (bicyclic) bond motifs is 6. The summed E-state index contributed by atoms with van der Waals surface area (Å²) in [6, 6.07) is 20.7. The number of ether oxygens (including phenoxy) is 3. The highest BCUT2D eigenvalue weighted by Crippen LogP contribution is 2.45. The second-order valence-corrected chi connectivity index (χ2v) is 37.3. The number of aromatic amines is 3. The molecule has 8 aliphatic rings. The second-order valence-electron chi connectivity index (χ2n) is 37.3. The van der Waals surface area contributed by atoms with Gasteiger partial charge in [0.15, 0.2) is 53.1 Å². The molecule has 0 radical (unpaired) electrons. The quantitative estimate of drug-likeness (QED) is 0.0217. The van der Waals surface area contributed by atoms with E-state index in [0.29, 0.717) is 94.6 Å². The minimum absolute atomic E-state index is 0.227. The third kappa shape index (κ3) is 17.5. The molecule has 3 aromatic carbocycles. The number of nitrogen functional groups attached to an aromatic ring is 3. The van der Waals surface area contributed by atoms with Gasteiger partial charge in [0, 0.05) is 81.6 Å². The van der Waals surface area contributed by atoms with Crippen LogP contribution < -0.4 is 17.2 Å². The van der Waals surface area contributed by atoms with Gasteiger partial charge in [0.1, 0.15) is 108 Å². The summed E-state index contributed by atoms with van der Waals surface area (Å²) < 4.78 is 50.4. The number of aryl methyl sites for hydroxylation is 3. The number of aliphatic hydroxyl groups is 6. The summed E-state index contributed by atoms with van der Waals surface area (Å²) in [4.78, 5) is 69.5. The molecule has 35 heteroatoms. The third-order valence-corrected chi connectivity index (χ3v) is 27.9. The third-order valence-electron chi connectivity index (χ3n) is 27.9. The van der Waals surface area contributed by atoms with Crippen LogP contribution >= 0.6 is 0 Å². The Hall–Kier alpha value is -9.50. The number of nitrogens with two attached hydrogens (primary N) is 3. The van der Waals surface area contributed by atoms with Gasteiger partial charge in [0.05, 0.1) is 52.1 Å². The first-order chi connectivity index (χ1) is 59.7. The summed E-state index contributed by atoms with van der Waals surface area (Å²) in [5, 5.41) is 65.4. The first kappa shape index (κ1) is 85.3. The number of aliphatic hydroxyl groups excluding tert-OH is 6. The topological polar surface area (TPSA) is 454 Å². The lowest BCUT2D eigenvalue weighted by molar-refractivity contribution is -0.0620. The van der Waals surface area contributed by atoms with Gasteiger partial charge in [-0.3, -0.25) is 28.4 Å². The molecule has 0 unspecified atom stereocenters. The van der Waals surface area contributed by atoms with Gasteiger partial charge in [-0.25, -0.2) is 68.6 Å². The van der Waals surface area contributed by atoms with Gasteiger partial charge in [0.2, 0.25) is 5.92 Å². The van der Waals surface area contributed by atoms with Crippen molar-refractivity contribution < 1.29 is 53.6 Å². The van der Waals surface area contributed by atoms with Crippen molar-refractivity contribution in [3.05, 3.63) is 127 Å². The molecule has 20 rings (SSSR count). The average Bonchev–Trinajstić information content (AvgIpc) is 1.62. The molecule has 12 heterocycles. The van der Waals surface area contributed by atoms with Crippen LogP contribution in [-0.2, 0) is 39.9 Å². The number of nitrogens with one attached hydrogen (secondary N) is 3. The van der Waals surface area contributed by atoms with Crippen molar-refractivity contribution in [3.8, 4) is 0 Å². The lowest BCUT2D eigenvalue weighted by atomic mass is 9.76. The summed E-state index contributed by atoms with van der Waals surface area (Å²) in [7, 11) is 0. The number of anilines is 3. The summed E-state index contributed by atoms with van der Waals surface area (Å²) in [6.07, 6.45) is 18.1. The van der Waals surface area contributed by atoms with Crippen LogP contribution in [0.25, 0.3) is 66.6 Å². The molecule has 5 aliphatic carbocycles. The van der Waals surface area contributed by atoms with Gasteiger partial charge in [-0.1, -0.05) is 31.0 Å². The minimum Gasteiger partial charge on any atom is -0.387 e. The minimum atomic E-state index is -2.75. The molecular formula is C89H118F2N24O9. The van der Waals surface area contributed by atoms with Crippen LogP contribution in [-0.4, -0.2) is 251 Å². The average molecular weight is 1710 g/mol. The number of aromatic nitrogens is 18. The number of benzene rings is 3. The van der Waals surface area contributed by atoms with E-state index in [0.717, 1.165) is 146 Å².